The van der Waals surface area contributed by atoms with Crippen molar-refractivity contribution < 1.29 is 9.47 Å². The summed E-state index contributed by atoms with van der Waals surface area (Å²) in [5.74, 6) is 2.27. The molecule has 0 radical (unpaired) electrons. The molecule has 0 saturated carbocycles. The largest absolute Gasteiger partial charge is 0.476 e. The zero-order valence-corrected chi connectivity index (χ0v) is 18.3. The SMILES string of the molecule is CC(C)COc1cc(N2CCN(COCc3cccc(N)c3SN)CC2)n(C)n1. The van der Waals surface area contributed by atoms with Gasteiger partial charge in [0.05, 0.1) is 24.8 Å². The predicted molar refractivity (Wildman–Crippen MR) is 118 cm³/mol. The molecule has 3 rings (SSSR count). The molecule has 1 fully saturated rings. The van der Waals surface area contributed by atoms with Crippen LogP contribution in [0.4, 0.5) is 11.5 Å². The molecule has 1 aromatic carbocycles. The van der Waals surface area contributed by atoms with E-state index in [1.807, 2.05) is 36.0 Å². The molecule has 0 bridgehead atoms. The Morgan fingerprint density at radius 1 is 1.21 bits per heavy atom. The first-order valence-electron chi connectivity index (χ1n) is 9.94. The van der Waals surface area contributed by atoms with Crippen LogP contribution in [-0.4, -0.2) is 54.2 Å². The number of aromatic nitrogens is 2. The van der Waals surface area contributed by atoms with Gasteiger partial charge in [0.15, 0.2) is 0 Å². The van der Waals surface area contributed by atoms with Crippen molar-refractivity contribution in [2.45, 2.75) is 25.3 Å². The van der Waals surface area contributed by atoms with Crippen molar-refractivity contribution in [3.05, 3.63) is 29.8 Å². The Labute approximate surface area is 177 Å². The Balaban J connectivity index is 1.46. The summed E-state index contributed by atoms with van der Waals surface area (Å²) in [5, 5.41) is 10.2. The van der Waals surface area contributed by atoms with Gasteiger partial charge >= 0.3 is 0 Å². The van der Waals surface area contributed by atoms with Crippen LogP contribution < -0.4 is 20.5 Å². The normalized spacial score (nSPS) is 15.3. The lowest BCUT2D eigenvalue weighted by molar-refractivity contribution is 0.0152. The second-order valence-electron chi connectivity index (χ2n) is 7.71. The number of anilines is 2. The summed E-state index contributed by atoms with van der Waals surface area (Å²) >= 11 is 1.17. The molecule has 8 nitrogen and oxygen atoms in total. The van der Waals surface area contributed by atoms with Gasteiger partial charge in [-0.2, -0.15) is 0 Å². The van der Waals surface area contributed by atoms with E-state index in [9.17, 15) is 0 Å². The van der Waals surface area contributed by atoms with Gasteiger partial charge in [-0.3, -0.25) is 10.0 Å². The van der Waals surface area contributed by atoms with Gasteiger partial charge in [0.25, 0.3) is 0 Å². The number of aryl methyl sites for hydroxylation is 1. The first kappa shape index (κ1) is 21.8. The first-order chi connectivity index (χ1) is 14.0. The number of nitrogen functional groups attached to an aromatic ring is 1. The zero-order chi connectivity index (χ0) is 20.8. The van der Waals surface area contributed by atoms with E-state index in [1.165, 1.54) is 11.9 Å². The fraction of sp³-hybridized carbons (Fsp3) is 0.550. The highest BCUT2D eigenvalue weighted by Crippen LogP contribution is 2.26. The Morgan fingerprint density at radius 2 is 1.97 bits per heavy atom. The van der Waals surface area contributed by atoms with Crippen LogP contribution in [0.25, 0.3) is 0 Å². The highest BCUT2D eigenvalue weighted by Gasteiger charge is 2.21. The number of nitrogens with zero attached hydrogens (tertiary/aromatic N) is 4. The minimum atomic E-state index is 0.482. The summed E-state index contributed by atoms with van der Waals surface area (Å²) in [6.07, 6.45) is 0. The van der Waals surface area contributed by atoms with Crippen LogP contribution in [0.2, 0.25) is 0 Å². The Bertz CT molecular complexity index is 789. The fourth-order valence-electron chi connectivity index (χ4n) is 3.30. The Hall–Kier alpha value is -1.94. The molecule has 2 heterocycles. The van der Waals surface area contributed by atoms with Gasteiger partial charge in [-0.1, -0.05) is 26.0 Å². The lowest BCUT2D eigenvalue weighted by atomic mass is 10.2. The van der Waals surface area contributed by atoms with E-state index in [0.717, 1.165) is 42.5 Å². The molecule has 0 unspecified atom stereocenters. The molecule has 1 saturated heterocycles. The van der Waals surface area contributed by atoms with E-state index < -0.39 is 0 Å². The second-order valence-corrected chi connectivity index (χ2v) is 8.35. The van der Waals surface area contributed by atoms with Gasteiger partial charge in [-0.15, -0.1) is 5.10 Å². The van der Waals surface area contributed by atoms with Crippen molar-refractivity contribution in [1.82, 2.24) is 14.7 Å². The van der Waals surface area contributed by atoms with Gasteiger partial charge in [-0.25, -0.2) is 4.68 Å². The van der Waals surface area contributed by atoms with E-state index >= 15 is 0 Å². The molecule has 0 spiro atoms. The Morgan fingerprint density at radius 3 is 2.66 bits per heavy atom. The lowest BCUT2D eigenvalue weighted by Crippen LogP contribution is -2.47. The molecule has 0 atom stereocenters. The van der Waals surface area contributed by atoms with Gasteiger partial charge < -0.3 is 20.1 Å². The van der Waals surface area contributed by atoms with Crippen LogP contribution in [-0.2, 0) is 18.4 Å². The smallest absolute Gasteiger partial charge is 0.234 e. The summed E-state index contributed by atoms with van der Waals surface area (Å²) in [6, 6.07) is 7.82. The number of ether oxygens (including phenoxy) is 2. The third-order valence-electron chi connectivity index (χ3n) is 4.87. The Kier molecular flexibility index (Phi) is 7.65. The maximum Gasteiger partial charge on any atom is 0.234 e. The summed E-state index contributed by atoms with van der Waals surface area (Å²) in [7, 11) is 1.96. The molecule has 1 aliphatic rings. The van der Waals surface area contributed by atoms with Crippen molar-refractivity contribution >= 4 is 23.5 Å². The van der Waals surface area contributed by atoms with Gasteiger partial charge in [0.2, 0.25) is 5.88 Å². The monoisotopic (exact) mass is 420 g/mol. The van der Waals surface area contributed by atoms with Crippen molar-refractivity contribution in [3.8, 4) is 5.88 Å². The van der Waals surface area contributed by atoms with E-state index in [-0.39, 0.29) is 0 Å². The van der Waals surface area contributed by atoms with Crippen LogP contribution in [0.15, 0.2) is 29.2 Å². The fourth-order valence-corrected chi connectivity index (χ4v) is 3.79. The quantitative estimate of drug-likeness (QED) is 0.471. The summed E-state index contributed by atoms with van der Waals surface area (Å²) in [5.41, 5.74) is 7.70. The third-order valence-corrected chi connectivity index (χ3v) is 5.60. The van der Waals surface area contributed by atoms with E-state index in [4.69, 9.17) is 20.3 Å². The maximum absolute atomic E-state index is 5.98. The average Bonchev–Trinajstić information content (AvgIpc) is 3.08. The maximum atomic E-state index is 5.98. The number of nitrogens with two attached hydrogens (primary N) is 2. The molecule has 0 amide bonds. The van der Waals surface area contributed by atoms with E-state index in [0.29, 0.717) is 37.4 Å². The average molecular weight is 421 g/mol. The molecular formula is C20H32N6O2S. The summed E-state index contributed by atoms with van der Waals surface area (Å²) in [6.45, 7) is 9.75. The lowest BCUT2D eigenvalue weighted by Gasteiger charge is -2.35. The highest BCUT2D eigenvalue weighted by atomic mass is 32.2. The molecule has 9 heteroatoms. The van der Waals surface area contributed by atoms with Gasteiger partial charge in [0, 0.05) is 45.0 Å². The molecule has 1 aliphatic heterocycles. The van der Waals surface area contributed by atoms with Gasteiger partial charge in [0.1, 0.15) is 5.82 Å². The van der Waals surface area contributed by atoms with Crippen LogP contribution in [0.5, 0.6) is 5.88 Å². The standard InChI is InChI=1S/C20H32N6O2S/c1-15(2)12-28-18-11-19(24(3)23-18)26-9-7-25(8-10-26)14-27-13-16-5-4-6-17(21)20(16)29-22/h4-6,11,15H,7-10,12-14,21-22H2,1-3H3. The molecule has 1 aromatic heterocycles. The summed E-state index contributed by atoms with van der Waals surface area (Å²) in [4.78, 5) is 5.54. The molecule has 29 heavy (non-hydrogen) atoms. The van der Waals surface area contributed by atoms with E-state index in [2.05, 4.69) is 28.7 Å². The predicted octanol–water partition coefficient (Wildman–Crippen LogP) is 2.30. The van der Waals surface area contributed by atoms with Crippen molar-refractivity contribution in [2.24, 2.45) is 18.1 Å². The van der Waals surface area contributed by atoms with Crippen LogP contribution in [0, 0.1) is 5.92 Å². The number of piperazine rings is 1. The molecule has 160 valence electrons. The van der Waals surface area contributed by atoms with Crippen molar-refractivity contribution in [1.29, 1.82) is 0 Å². The molecular weight excluding hydrogens is 388 g/mol. The second kappa shape index (κ2) is 10.2. The molecule has 0 aliphatic carbocycles. The number of hydrogen-bond acceptors (Lipinski definition) is 8. The third kappa shape index (κ3) is 5.79. The van der Waals surface area contributed by atoms with Crippen molar-refractivity contribution in [2.75, 3.05) is 50.2 Å². The first-order valence-corrected chi connectivity index (χ1v) is 10.8. The summed E-state index contributed by atoms with van der Waals surface area (Å²) < 4.78 is 13.6. The van der Waals surface area contributed by atoms with Crippen LogP contribution >= 0.6 is 11.9 Å². The highest BCUT2D eigenvalue weighted by molar-refractivity contribution is 7.97. The number of hydrogen-bond donors (Lipinski definition) is 2. The number of rotatable bonds is 9. The van der Waals surface area contributed by atoms with Crippen molar-refractivity contribution in [3.63, 3.8) is 0 Å². The van der Waals surface area contributed by atoms with Gasteiger partial charge in [-0.05, 0) is 29.5 Å². The van der Waals surface area contributed by atoms with E-state index in [1.54, 1.807) is 0 Å². The number of benzene rings is 1. The topological polar surface area (TPSA) is 94.8 Å². The van der Waals surface area contributed by atoms with Crippen LogP contribution in [0.3, 0.4) is 0 Å². The minimum absolute atomic E-state index is 0.482. The minimum Gasteiger partial charge on any atom is -0.476 e. The zero-order valence-electron chi connectivity index (χ0n) is 17.5. The molecule has 4 N–H and O–H groups in total. The molecule has 2 aromatic rings. The van der Waals surface area contributed by atoms with Crippen LogP contribution in [0.1, 0.15) is 19.4 Å².